The number of hydrogen-bond acceptors (Lipinski definition) is 3. The van der Waals surface area contributed by atoms with Gasteiger partial charge < -0.3 is 20.7 Å². The van der Waals surface area contributed by atoms with Crippen molar-refractivity contribution < 1.29 is 22.7 Å². The molecule has 0 bridgehead atoms. The fourth-order valence-corrected chi connectivity index (χ4v) is 2.72. The van der Waals surface area contributed by atoms with Crippen molar-refractivity contribution in [3.8, 4) is 5.75 Å². The zero-order chi connectivity index (χ0) is 21.9. The van der Waals surface area contributed by atoms with E-state index in [1.807, 2.05) is 0 Å². The molecule has 10 heteroatoms. The number of nitrogens with zero attached hydrogens (tertiary/aromatic N) is 1. The molecule has 0 saturated carbocycles. The van der Waals surface area contributed by atoms with Crippen LogP contribution in [0.4, 0.5) is 13.2 Å². The molecular weight excluding hydrogens is 421 g/mol. The summed E-state index contributed by atoms with van der Waals surface area (Å²) >= 11 is 5.92. The summed E-state index contributed by atoms with van der Waals surface area (Å²) in [5.74, 6) is -0.122. The molecule has 0 aliphatic carbocycles. The summed E-state index contributed by atoms with van der Waals surface area (Å²) in [6, 6.07) is 10.1. The van der Waals surface area contributed by atoms with Crippen LogP contribution in [0.2, 0.25) is 5.02 Å². The Morgan fingerprint density at radius 2 is 1.80 bits per heavy atom. The van der Waals surface area contributed by atoms with Crippen LogP contribution < -0.4 is 20.7 Å². The third kappa shape index (κ3) is 8.20. The molecule has 0 radical (unpaired) electrons. The molecule has 0 aliphatic rings. The Balaban J connectivity index is 1.75. The van der Waals surface area contributed by atoms with Crippen molar-refractivity contribution >= 4 is 23.5 Å². The summed E-state index contributed by atoms with van der Waals surface area (Å²) in [4.78, 5) is 15.9. The van der Waals surface area contributed by atoms with Gasteiger partial charge in [0.1, 0.15) is 11.6 Å². The van der Waals surface area contributed by atoms with Crippen molar-refractivity contribution in [2.24, 2.45) is 4.99 Å². The quantitative estimate of drug-likeness (QED) is 0.317. The van der Waals surface area contributed by atoms with Crippen molar-refractivity contribution in [2.75, 3.05) is 20.1 Å². The maximum absolute atomic E-state index is 12.9. The van der Waals surface area contributed by atoms with Gasteiger partial charge in [0.15, 0.2) is 5.96 Å². The van der Waals surface area contributed by atoms with E-state index in [0.717, 1.165) is 0 Å². The second-order valence-electron chi connectivity index (χ2n) is 6.14. The number of aliphatic imine (C=N–C) groups is 1. The molecule has 3 N–H and O–H groups in total. The van der Waals surface area contributed by atoms with E-state index in [0.29, 0.717) is 35.2 Å². The van der Waals surface area contributed by atoms with E-state index < -0.39 is 6.61 Å². The molecule has 162 valence electrons. The number of nitrogens with one attached hydrogen (secondary N) is 3. The van der Waals surface area contributed by atoms with Gasteiger partial charge in [-0.05, 0) is 35.9 Å². The minimum absolute atomic E-state index is 0.0189. The first-order chi connectivity index (χ1) is 14.4. The normalized spacial score (nSPS) is 11.3. The minimum Gasteiger partial charge on any atom is -0.434 e. The van der Waals surface area contributed by atoms with E-state index in [4.69, 9.17) is 11.6 Å². The van der Waals surface area contributed by atoms with Gasteiger partial charge in [-0.2, -0.15) is 8.78 Å². The summed E-state index contributed by atoms with van der Waals surface area (Å²) in [5, 5.41) is 9.09. The maximum atomic E-state index is 12.9. The van der Waals surface area contributed by atoms with Crippen LogP contribution >= 0.6 is 11.6 Å². The number of amides is 1. The molecule has 0 aliphatic heterocycles. The molecule has 0 aromatic heterocycles. The van der Waals surface area contributed by atoms with Crippen LogP contribution in [0.5, 0.6) is 5.75 Å². The van der Waals surface area contributed by atoms with Gasteiger partial charge in [-0.1, -0.05) is 23.7 Å². The molecule has 0 saturated heterocycles. The van der Waals surface area contributed by atoms with Crippen molar-refractivity contribution in [1.82, 2.24) is 16.0 Å². The molecule has 2 aromatic carbocycles. The van der Waals surface area contributed by atoms with Crippen LogP contribution in [0.15, 0.2) is 47.5 Å². The second-order valence-corrected chi connectivity index (χ2v) is 6.57. The molecule has 0 fully saturated rings. The number of hydrogen-bond donors (Lipinski definition) is 3. The number of halogens is 4. The second kappa shape index (κ2) is 11.9. The Morgan fingerprint density at radius 3 is 2.47 bits per heavy atom. The Hall–Kier alpha value is -2.94. The Kier molecular flexibility index (Phi) is 9.27. The van der Waals surface area contributed by atoms with E-state index in [2.05, 4.69) is 25.7 Å². The zero-order valence-electron chi connectivity index (χ0n) is 16.2. The van der Waals surface area contributed by atoms with Crippen LogP contribution in [-0.4, -0.2) is 38.6 Å². The number of carbonyl (C=O) groups is 1. The molecule has 2 rings (SSSR count). The molecule has 0 unspecified atom stereocenters. The highest BCUT2D eigenvalue weighted by atomic mass is 35.5. The van der Waals surface area contributed by atoms with Gasteiger partial charge in [0.05, 0.1) is 6.42 Å². The van der Waals surface area contributed by atoms with Crippen molar-refractivity contribution in [2.45, 2.75) is 19.6 Å². The molecule has 0 heterocycles. The van der Waals surface area contributed by atoms with Gasteiger partial charge in [-0.15, -0.1) is 0 Å². The predicted molar refractivity (Wildman–Crippen MR) is 109 cm³/mol. The van der Waals surface area contributed by atoms with Gasteiger partial charge in [0.25, 0.3) is 0 Å². The molecule has 30 heavy (non-hydrogen) atoms. The lowest BCUT2D eigenvalue weighted by Crippen LogP contribution is -2.41. The Labute approximate surface area is 177 Å². The van der Waals surface area contributed by atoms with Crippen LogP contribution in [0.25, 0.3) is 0 Å². The van der Waals surface area contributed by atoms with Gasteiger partial charge in [-0.25, -0.2) is 4.39 Å². The molecule has 1 amide bonds. The summed E-state index contributed by atoms with van der Waals surface area (Å²) in [6.07, 6.45) is 0.148. The van der Waals surface area contributed by atoms with Crippen molar-refractivity contribution in [3.05, 3.63) is 64.4 Å². The van der Waals surface area contributed by atoms with Crippen LogP contribution in [-0.2, 0) is 17.8 Å². The van der Waals surface area contributed by atoms with Crippen LogP contribution in [0.3, 0.4) is 0 Å². The van der Waals surface area contributed by atoms with Crippen molar-refractivity contribution in [3.63, 3.8) is 0 Å². The predicted octanol–water partition coefficient (Wildman–Crippen LogP) is 3.10. The first-order valence-corrected chi connectivity index (χ1v) is 9.44. The van der Waals surface area contributed by atoms with Crippen molar-refractivity contribution in [1.29, 1.82) is 0 Å². The first-order valence-electron chi connectivity index (χ1n) is 9.06. The summed E-state index contributed by atoms with van der Waals surface area (Å²) in [6.45, 7) is -2.08. The monoisotopic (exact) mass is 442 g/mol. The number of benzene rings is 2. The molecular formula is C20H22ClF3N4O2. The lowest BCUT2D eigenvalue weighted by Gasteiger charge is -2.15. The average Bonchev–Trinajstić information content (AvgIpc) is 2.70. The average molecular weight is 443 g/mol. The third-order valence-electron chi connectivity index (χ3n) is 3.93. The molecule has 0 spiro atoms. The fourth-order valence-electron chi connectivity index (χ4n) is 2.53. The standard InChI is InChI=1S/C20H22ClF3N4O2/c1-25-20(28-12-14-11-15(21)4-7-17(14)30-19(23)24)27-9-8-26-18(29)10-13-2-5-16(22)6-3-13/h2-7,11,19H,8-10,12H2,1H3,(H,26,29)(H2,25,27,28). The topological polar surface area (TPSA) is 74.8 Å². The number of ether oxygens (including phenoxy) is 1. The Morgan fingerprint density at radius 1 is 1.10 bits per heavy atom. The van der Waals surface area contributed by atoms with Crippen LogP contribution in [0, 0.1) is 5.82 Å². The van der Waals surface area contributed by atoms with Gasteiger partial charge in [0, 0.05) is 37.3 Å². The maximum Gasteiger partial charge on any atom is 0.387 e. The van der Waals surface area contributed by atoms with Gasteiger partial charge in [0.2, 0.25) is 5.91 Å². The number of guanidine groups is 1. The van der Waals surface area contributed by atoms with Gasteiger partial charge >= 0.3 is 6.61 Å². The van der Waals surface area contributed by atoms with Crippen LogP contribution in [0.1, 0.15) is 11.1 Å². The highest BCUT2D eigenvalue weighted by Gasteiger charge is 2.11. The largest absolute Gasteiger partial charge is 0.434 e. The number of rotatable bonds is 9. The summed E-state index contributed by atoms with van der Waals surface area (Å²) < 4.78 is 42.4. The van der Waals surface area contributed by atoms with E-state index in [1.54, 1.807) is 19.2 Å². The number of alkyl halides is 2. The fraction of sp³-hybridized carbons (Fsp3) is 0.300. The lowest BCUT2D eigenvalue weighted by atomic mass is 10.1. The molecule has 6 nitrogen and oxygen atoms in total. The SMILES string of the molecule is CN=C(NCCNC(=O)Cc1ccc(F)cc1)NCc1cc(Cl)ccc1OC(F)F. The Bertz CT molecular complexity index is 864. The third-order valence-corrected chi connectivity index (χ3v) is 4.16. The summed E-state index contributed by atoms with van der Waals surface area (Å²) in [7, 11) is 1.55. The highest BCUT2D eigenvalue weighted by molar-refractivity contribution is 6.30. The smallest absolute Gasteiger partial charge is 0.387 e. The number of carbonyl (C=O) groups excluding carboxylic acids is 1. The van der Waals surface area contributed by atoms with E-state index in [9.17, 15) is 18.0 Å². The molecule has 0 atom stereocenters. The lowest BCUT2D eigenvalue weighted by molar-refractivity contribution is -0.120. The minimum atomic E-state index is -2.94. The van der Waals surface area contributed by atoms with E-state index in [-0.39, 0.29) is 30.4 Å². The molecule has 2 aromatic rings. The first kappa shape index (κ1) is 23.3. The van der Waals surface area contributed by atoms with E-state index >= 15 is 0 Å². The zero-order valence-corrected chi connectivity index (χ0v) is 17.0. The highest BCUT2D eigenvalue weighted by Crippen LogP contribution is 2.24. The summed E-state index contributed by atoms with van der Waals surface area (Å²) in [5.41, 5.74) is 1.15. The van der Waals surface area contributed by atoms with E-state index in [1.165, 1.54) is 30.3 Å². The van der Waals surface area contributed by atoms with Gasteiger partial charge in [-0.3, -0.25) is 9.79 Å².